The number of nitrogens with one attached hydrogen (secondary N) is 1. The van der Waals surface area contributed by atoms with Gasteiger partial charge in [0, 0.05) is 23.6 Å². The Labute approximate surface area is 302 Å². The number of anilines is 1. The molecule has 1 unspecified atom stereocenters. The van der Waals surface area contributed by atoms with E-state index in [0.29, 0.717) is 0 Å². The van der Waals surface area contributed by atoms with Crippen LogP contribution in [-0.4, -0.2) is 91.2 Å². The molecule has 2 aromatic carbocycles. The first-order valence-electron chi connectivity index (χ1n) is 14.8. The zero-order valence-electron chi connectivity index (χ0n) is 27.6. The summed E-state index contributed by atoms with van der Waals surface area (Å²) in [5, 5.41) is 2.73. The second-order valence-electron chi connectivity index (χ2n) is 11.7. The van der Waals surface area contributed by atoms with E-state index in [1.807, 2.05) is 0 Å². The maximum Gasteiger partial charge on any atom is 0.460 e. The van der Waals surface area contributed by atoms with Gasteiger partial charge in [0.2, 0.25) is 5.91 Å². The van der Waals surface area contributed by atoms with Gasteiger partial charge in [-0.15, -0.1) is 0 Å². The second-order valence-corrected chi connectivity index (χ2v) is 12.1. The van der Waals surface area contributed by atoms with Crippen molar-refractivity contribution >= 4 is 29.1 Å². The molecular weight excluding hydrogens is 827 g/mol. The topological polar surface area (TPSA) is 77.1 Å². The standard InChI is InChI=1S/C30H24ClF17N2O5/c1-13-21(51)49-18-9-14(31)5-6-16(18)22(52)50(13)12-17-19(53-2)10-15(11-20(17)54-3)55-8-4-7-23(32,33)24(34,35)25(36,37)26(38,39)27(40,41)28(42,43)29(44,45)30(46,47)48/h5-6,9-11,13H,4,7-8,12H2,1-3H3,(H,49,51). The van der Waals surface area contributed by atoms with Crippen molar-refractivity contribution in [1.29, 1.82) is 0 Å². The number of alkyl halides is 17. The number of rotatable bonds is 15. The average Bonchev–Trinajstić information content (AvgIpc) is 3.15. The zero-order chi connectivity index (χ0) is 42.5. The highest BCUT2D eigenvalue weighted by Crippen LogP contribution is 2.64. The summed E-state index contributed by atoms with van der Waals surface area (Å²) in [5.41, 5.74) is 0.163. The SMILES string of the molecule is COc1cc(OCCCC(F)(F)C(F)(F)C(F)(F)C(F)(F)C(F)(F)C(F)(F)C(F)(F)C(F)(F)F)cc(OC)c1CN1C(=O)c2ccc(Cl)cc2NC(=O)C1C. The number of carbonyl (C=O) groups is 2. The highest BCUT2D eigenvalue weighted by Gasteiger charge is 2.95. The molecule has 1 atom stereocenters. The van der Waals surface area contributed by atoms with E-state index in [9.17, 15) is 84.2 Å². The number of ether oxygens (including phenoxy) is 3. The lowest BCUT2D eigenvalue weighted by Gasteiger charge is -2.42. The number of hydrogen-bond acceptors (Lipinski definition) is 5. The molecule has 2 aromatic rings. The van der Waals surface area contributed by atoms with E-state index in [0.717, 1.165) is 31.3 Å². The quantitative estimate of drug-likeness (QED) is 0.143. The fraction of sp³-hybridized carbons (Fsp3) is 0.533. The summed E-state index contributed by atoms with van der Waals surface area (Å²) in [7, 11) is 2.14. The summed E-state index contributed by atoms with van der Waals surface area (Å²) >= 11 is 5.95. The Morgan fingerprint density at radius 3 is 1.65 bits per heavy atom. The van der Waals surface area contributed by atoms with Gasteiger partial charge in [0.15, 0.2) is 0 Å². The van der Waals surface area contributed by atoms with Gasteiger partial charge in [-0.25, -0.2) is 0 Å². The van der Waals surface area contributed by atoms with Crippen LogP contribution >= 0.6 is 11.6 Å². The normalized spacial score (nSPS) is 16.7. The molecule has 0 aliphatic carbocycles. The van der Waals surface area contributed by atoms with E-state index >= 15 is 0 Å². The first-order chi connectivity index (χ1) is 24.8. The summed E-state index contributed by atoms with van der Waals surface area (Å²) in [6.45, 7) is -0.270. The van der Waals surface area contributed by atoms with E-state index in [1.165, 1.54) is 25.1 Å². The number of methoxy groups -OCH3 is 2. The van der Waals surface area contributed by atoms with Crippen LogP contribution in [0.15, 0.2) is 30.3 Å². The molecule has 0 saturated carbocycles. The Morgan fingerprint density at radius 1 is 0.709 bits per heavy atom. The van der Waals surface area contributed by atoms with Crippen molar-refractivity contribution in [2.75, 3.05) is 26.1 Å². The third-order valence-electron chi connectivity index (χ3n) is 8.18. The average molecular weight is 851 g/mol. The van der Waals surface area contributed by atoms with Crippen LogP contribution in [0.5, 0.6) is 17.2 Å². The van der Waals surface area contributed by atoms with Crippen LogP contribution in [0.1, 0.15) is 35.7 Å². The largest absolute Gasteiger partial charge is 0.496 e. The number of benzene rings is 2. The molecule has 0 aromatic heterocycles. The predicted octanol–water partition coefficient (Wildman–Crippen LogP) is 9.51. The van der Waals surface area contributed by atoms with Gasteiger partial charge in [0.1, 0.15) is 23.3 Å². The van der Waals surface area contributed by atoms with Crippen molar-refractivity contribution in [3.63, 3.8) is 0 Å². The number of amides is 2. The molecule has 0 bridgehead atoms. The molecule has 0 radical (unpaired) electrons. The maximum absolute atomic E-state index is 14.3. The molecule has 0 fully saturated rings. The minimum absolute atomic E-state index is 0.0264. The zero-order valence-corrected chi connectivity index (χ0v) is 28.3. The minimum Gasteiger partial charge on any atom is -0.496 e. The summed E-state index contributed by atoms with van der Waals surface area (Å²) < 4.78 is 246. The Balaban J connectivity index is 1.82. The van der Waals surface area contributed by atoms with Gasteiger partial charge in [-0.1, -0.05) is 11.6 Å². The Kier molecular flexibility index (Phi) is 12.1. The van der Waals surface area contributed by atoms with Gasteiger partial charge in [0.25, 0.3) is 5.91 Å². The number of nitrogens with zero attached hydrogens (tertiary/aromatic N) is 1. The van der Waals surface area contributed by atoms with Crippen molar-refractivity contribution in [1.82, 2.24) is 4.90 Å². The molecule has 3 rings (SSSR count). The smallest absolute Gasteiger partial charge is 0.460 e. The highest BCUT2D eigenvalue weighted by atomic mass is 35.5. The molecule has 7 nitrogen and oxygen atoms in total. The number of hydrogen-bond donors (Lipinski definition) is 1. The fourth-order valence-corrected chi connectivity index (χ4v) is 5.10. The van der Waals surface area contributed by atoms with Crippen LogP contribution in [0, 0.1) is 0 Å². The van der Waals surface area contributed by atoms with E-state index in [1.54, 1.807) is 0 Å². The number of carbonyl (C=O) groups excluding carboxylic acids is 2. The Bertz CT molecular complexity index is 1750. The molecule has 1 N–H and O–H groups in total. The lowest BCUT2D eigenvalue weighted by molar-refractivity contribution is -0.461. The Hall–Kier alpha value is -4.12. The molecule has 25 heteroatoms. The van der Waals surface area contributed by atoms with Gasteiger partial charge in [-0.2, -0.15) is 74.6 Å². The first kappa shape index (κ1) is 45.3. The first-order valence-corrected chi connectivity index (χ1v) is 15.2. The van der Waals surface area contributed by atoms with E-state index in [4.69, 9.17) is 25.8 Å². The van der Waals surface area contributed by atoms with Gasteiger partial charge in [-0.05, 0) is 31.5 Å². The molecule has 0 saturated heterocycles. The second kappa shape index (κ2) is 14.8. The molecule has 2 amide bonds. The van der Waals surface area contributed by atoms with Crippen LogP contribution in [0.3, 0.4) is 0 Å². The highest BCUT2D eigenvalue weighted by molar-refractivity contribution is 6.31. The van der Waals surface area contributed by atoms with Gasteiger partial charge in [-0.3, -0.25) is 9.59 Å². The van der Waals surface area contributed by atoms with Crippen LogP contribution < -0.4 is 19.5 Å². The number of fused-ring (bicyclic) bond motifs is 1. The lowest BCUT2D eigenvalue weighted by atomic mass is 9.88. The van der Waals surface area contributed by atoms with Crippen molar-refractivity contribution in [2.24, 2.45) is 0 Å². The van der Waals surface area contributed by atoms with E-state index in [2.05, 4.69) is 5.32 Å². The molecule has 310 valence electrons. The summed E-state index contributed by atoms with van der Waals surface area (Å²) in [4.78, 5) is 27.3. The van der Waals surface area contributed by atoms with Crippen molar-refractivity contribution in [2.45, 2.75) is 80.0 Å². The van der Waals surface area contributed by atoms with Gasteiger partial charge < -0.3 is 24.4 Å². The van der Waals surface area contributed by atoms with Crippen LogP contribution in [0.2, 0.25) is 5.02 Å². The minimum atomic E-state index is -8.71. The van der Waals surface area contributed by atoms with Gasteiger partial charge in [0.05, 0.1) is 44.2 Å². The van der Waals surface area contributed by atoms with Crippen LogP contribution in [0.4, 0.5) is 80.3 Å². The number of halogens is 18. The molecule has 1 aliphatic rings. The monoisotopic (exact) mass is 850 g/mol. The van der Waals surface area contributed by atoms with E-state index in [-0.39, 0.29) is 33.3 Å². The summed E-state index contributed by atoms with van der Waals surface area (Å²) in [6, 6.07) is 4.85. The fourth-order valence-electron chi connectivity index (χ4n) is 4.93. The van der Waals surface area contributed by atoms with Crippen molar-refractivity contribution in [3.05, 3.63) is 46.5 Å². The molecule has 1 heterocycles. The molecule has 55 heavy (non-hydrogen) atoms. The van der Waals surface area contributed by atoms with E-state index < -0.39 is 97.2 Å². The van der Waals surface area contributed by atoms with Crippen molar-refractivity contribution < 1.29 is 98.4 Å². The van der Waals surface area contributed by atoms with Crippen LogP contribution in [-0.2, 0) is 11.3 Å². The Morgan fingerprint density at radius 2 is 1.18 bits per heavy atom. The van der Waals surface area contributed by atoms with Crippen molar-refractivity contribution in [3.8, 4) is 17.2 Å². The summed E-state index contributed by atoms with van der Waals surface area (Å²) in [5.74, 6) is -59.1. The third kappa shape index (κ3) is 7.45. The third-order valence-corrected chi connectivity index (χ3v) is 8.41. The van der Waals surface area contributed by atoms with Gasteiger partial charge >= 0.3 is 47.6 Å². The maximum atomic E-state index is 14.3. The molecular formula is C30H24ClF17N2O5. The summed E-state index contributed by atoms with van der Waals surface area (Å²) in [6.07, 6.45) is -12.1. The predicted molar refractivity (Wildman–Crippen MR) is 154 cm³/mol. The lowest BCUT2D eigenvalue weighted by Crippen LogP contribution is -2.74. The van der Waals surface area contributed by atoms with Crippen LogP contribution in [0.25, 0.3) is 0 Å². The molecule has 1 aliphatic heterocycles. The molecule has 0 spiro atoms.